The van der Waals surface area contributed by atoms with Crippen molar-refractivity contribution in [2.24, 2.45) is 0 Å². The average Bonchev–Trinajstić information content (AvgIpc) is 2.83. The van der Waals surface area contributed by atoms with E-state index in [1.54, 1.807) is 11.3 Å². The van der Waals surface area contributed by atoms with Crippen molar-refractivity contribution < 1.29 is 9.90 Å². The Morgan fingerprint density at radius 2 is 2.37 bits per heavy atom. The molecular weight excluding hydrogens is 278 g/mol. The van der Waals surface area contributed by atoms with Gasteiger partial charge in [0.15, 0.2) is 0 Å². The van der Waals surface area contributed by atoms with Crippen LogP contribution in [0, 0.1) is 0 Å². The molecule has 0 aromatic carbocycles. The van der Waals surface area contributed by atoms with Crippen LogP contribution in [-0.4, -0.2) is 28.9 Å². The van der Waals surface area contributed by atoms with E-state index < -0.39 is 0 Å². The van der Waals surface area contributed by atoms with Gasteiger partial charge in [0.1, 0.15) is 0 Å². The first-order valence-electron chi connectivity index (χ1n) is 6.70. The highest BCUT2D eigenvalue weighted by molar-refractivity contribution is 7.98. The molecule has 106 valence electrons. The van der Waals surface area contributed by atoms with Crippen molar-refractivity contribution in [3.05, 3.63) is 21.4 Å². The second-order valence-electron chi connectivity index (χ2n) is 5.20. The molecule has 0 saturated carbocycles. The Hall–Kier alpha value is -0.520. The van der Waals surface area contributed by atoms with Gasteiger partial charge in [0, 0.05) is 22.8 Å². The van der Waals surface area contributed by atoms with E-state index in [0.717, 1.165) is 29.2 Å². The summed E-state index contributed by atoms with van der Waals surface area (Å²) in [5.74, 6) is 2.19. The standard InChI is InChI=1S/C14H21NO2S2/c1-3-14(2,5-6-16)15-13(17)12-8-10-9-18-7-4-11(10)19-12/h8,16H,3-7,9H2,1-2H3,(H,15,17). The molecule has 1 aromatic rings. The third kappa shape index (κ3) is 3.52. The largest absolute Gasteiger partial charge is 0.396 e. The predicted octanol–water partition coefficient (Wildman–Crippen LogP) is 2.82. The minimum atomic E-state index is -0.314. The number of hydrogen-bond donors (Lipinski definition) is 2. The zero-order valence-corrected chi connectivity index (χ0v) is 13.1. The number of hydrogen-bond acceptors (Lipinski definition) is 4. The van der Waals surface area contributed by atoms with E-state index >= 15 is 0 Å². The molecule has 1 unspecified atom stereocenters. The quantitative estimate of drug-likeness (QED) is 0.879. The smallest absolute Gasteiger partial charge is 0.261 e. The van der Waals surface area contributed by atoms with Crippen LogP contribution in [0.25, 0.3) is 0 Å². The van der Waals surface area contributed by atoms with E-state index in [0.29, 0.717) is 6.42 Å². The molecule has 0 fully saturated rings. The van der Waals surface area contributed by atoms with Gasteiger partial charge in [0.2, 0.25) is 0 Å². The Labute approximate surface area is 122 Å². The summed E-state index contributed by atoms with van der Waals surface area (Å²) in [6, 6.07) is 2.04. The summed E-state index contributed by atoms with van der Waals surface area (Å²) in [5, 5.41) is 12.2. The lowest BCUT2D eigenvalue weighted by Crippen LogP contribution is -2.45. The highest BCUT2D eigenvalue weighted by Crippen LogP contribution is 2.32. The third-order valence-corrected chi connectivity index (χ3v) is 5.95. The molecule has 19 heavy (non-hydrogen) atoms. The Balaban J connectivity index is 2.09. The van der Waals surface area contributed by atoms with E-state index in [-0.39, 0.29) is 18.1 Å². The maximum atomic E-state index is 12.3. The SMILES string of the molecule is CCC(C)(CCO)NC(=O)c1cc2c(s1)CCSC2. The molecule has 2 rings (SSSR count). The minimum Gasteiger partial charge on any atom is -0.396 e. The highest BCUT2D eigenvalue weighted by atomic mass is 32.2. The van der Waals surface area contributed by atoms with Crippen LogP contribution in [0.3, 0.4) is 0 Å². The molecule has 0 aliphatic carbocycles. The number of fused-ring (bicyclic) bond motifs is 1. The first-order chi connectivity index (χ1) is 9.08. The number of aliphatic hydroxyl groups is 1. The number of rotatable bonds is 5. The van der Waals surface area contributed by atoms with E-state index in [2.05, 4.69) is 5.32 Å². The summed E-state index contributed by atoms with van der Waals surface area (Å²) in [6.07, 6.45) is 2.50. The van der Waals surface area contributed by atoms with Crippen molar-refractivity contribution in [3.63, 3.8) is 0 Å². The monoisotopic (exact) mass is 299 g/mol. The van der Waals surface area contributed by atoms with Crippen molar-refractivity contribution in [3.8, 4) is 0 Å². The van der Waals surface area contributed by atoms with Crippen LogP contribution in [0.5, 0.6) is 0 Å². The molecule has 1 atom stereocenters. The molecule has 3 nitrogen and oxygen atoms in total. The summed E-state index contributed by atoms with van der Waals surface area (Å²) in [6.45, 7) is 4.12. The zero-order chi connectivity index (χ0) is 13.9. The molecule has 1 aliphatic heterocycles. The number of amides is 1. The molecule has 1 aliphatic rings. The first kappa shape index (κ1) is 14.9. The minimum absolute atomic E-state index is 0.00204. The maximum Gasteiger partial charge on any atom is 0.261 e. The Morgan fingerprint density at radius 3 is 3.00 bits per heavy atom. The highest BCUT2D eigenvalue weighted by Gasteiger charge is 2.26. The zero-order valence-electron chi connectivity index (χ0n) is 11.5. The second kappa shape index (κ2) is 6.29. The van der Waals surface area contributed by atoms with E-state index in [1.807, 2.05) is 31.7 Å². The van der Waals surface area contributed by atoms with Gasteiger partial charge in [-0.1, -0.05) is 6.92 Å². The lowest BCUT2D eigenvalue weighted by Gasteiger charge is -2.28. The Morgan fingerprint density at radius 1 is 1.58 bits per heavy atom. The van der Waals surface area contributed by atoms with Gasteiger partial charge in [-0.2, -0.15) is 11.8 Å². The number of nitrogens with one attached hydrogen (secondary N) is 1. The number of aliphatic hydroxyl groups excluding tert-OH is 1. The predicted molar refractivity (Wildman–Crippen MR) is 82.1 cm³/mol. The van der Waals surface area contributed by atoms with Crippen molar-refractivity contribution in [1.82, 2.24) is 5.32 Å². The van der Waals surface area contributed by atoms with E-state index in [1.165, 1.54) is 10.4 Å². The average molecular weight is 299 g/mol. The fourth-order valence-electron chi connectivity index (χ4n) is 2.17. The van der Waals surface area contributed by atoms with Gasteiger partial charge >= 0.3 is 0 Å². The van der Waals surface area contributed by atoms with Gasteiger partial charge in [-0.25, -0.2) is 0 Å². The second-order valence-corrected chi connectivity index (χ2v) is 7.45. The lowest BCUT2D eigenvalue weighted by molar-refractivity contribution is 0.0890. The van der Waals surface area contributed by atoms with E-state index in [4.69, 9.17) is 5.11 Å². The van der Waals surface area contributed by atoms with Crippen LogP contribution in [0.15, 0.2) is 6.07 Å². The van der Waals surface area contributed by atoms with Gasteiger partial charge in [0.25, 0.3) is 5.91 Å². The fourth-order valence-corrected chi connectivity index (χ4v) is 4.44. The molecule has 1 aromatic heterocycles. The van der Waals surface area contributed by atoms with Gasteiger partial charge in [-0.3, -0.25) is 4.79 Å². The molecule has 0 saturated heterocycles. The van der Waals surface area contributed by atoms with Crippen molar-refractivity contribution in [2.45, 2.75) is 44.4 Å². The third-order valence-electron chi connectivity index (χ3n) is 3.71. The van der Waals surface area contributed by atoms with E-state index in [9.17, 15) is 4.79 Å². The van der Waals surface area contributed by atoms with Gasteiger partial charge in [-0.15, -0.1) is 11.3 Å². The van der Waals surface area contributed by atoms with Crippen molar-refractivity contribution >= 4 is 29.0 Å². The van der Waals surface area contributed by atoms with Crippen LogP contribution in [0.4, 0.5) is 0 Å². The van der Waals surface area contributed by atoms with Crippen LogP contribution < -0.4 is 5.32 Å². The molecule has 0 bridgehead atoms. The Bertz CT molecular complexity index is 435. The van der Waals surface area contributed by atoms with Crippen molar-refractivity contribution in [2.75, 3.05) is 12.4 Å². The summed E-state index contributed by atoms with van der Waals surface area (Å²) >= 11 is 3.56. The number of carbonyl (C=O) groups is 1. The summed E-state index contributed by atoms with van der Waals surface area (Å²) in [5.41, 5.74) is 1.01. The number of thioether (sulfide) groups is 1. The lowest BCUT2D eigenvalue weighted by atomic mass is 9.95. The van der Waals surface area contributed by atoms with Gasteiger partial charge in [0.05, 0.1) is 4.88 Å². The molecular formula is C14H21NO2S2. The fraction of sp³-hybridized carbons (Fsp3) is 0.643. The molecule has 2 N–H and O–H groups in total. The van der Waals surface area contributed by atoms with Crippen LogP contribution in [0.2, 0.25) is 0 Å². The topological polar surface area (TPSA) is 49.3 Å². The Kier molecular flexibility index (Phi) is 4.92. The van der Waals surface area contributed by atoms with Gasteiger partial charge < -0.3 is 10.4 Å². The maximum absolute atomic E-state index is 12.3. The van der Waals surface area contributed by atoms with Gasteiger partial charge in [-0.05, 0) is 43.6 Å². The summed E-state index contributed by atoms with van der Waals surface area (Å²) in [4.78, 5) is 14.5. The van der Waals surface area contributed by atoms with Crippen LogP contribution in [-0.2, 0) is 12.2 Å². The number of aryl methyl sites for hydroxylation is 1. The molecule has 2 heterocycles. The van der Waals surface area contributed by atoms with Crippen LogP contribution in [0.1, 0.15) is 46.8 Å². The first-order valence-corrected chi connectivity index (χ1v) is 8.68. The van der Waals surface area contributed by atoms with Crippen molar-refractivity contribution in [1.29, 1.82) is 0 Å². The molecule has 0 spiro atoms. The number of thiophene rings is 1. The molecule has 5 heteroatoms. The summed E-state index contributed by atoms with van der Waals surface area (Å²) < 4.78 is 0. The normalized spacial score (nSPS) is 17.6. The summed E-state index contributed by atoms with van der Waals surface area (Å²) in [7, 11) is 0. The number of carbonyl (C=O) groups excluding carboxylic acids is 1. The van der Waals surface area contributed by atoms with Crippen LogP contribution >= 0.6 is 23.1 Å². The molecule has 0 radical (unpaired) electrons. The molecule has 1 amide bonds.